The zero-order valence-electron chi connectivity index (χ0n) is 16.3. The molecule has 0 N–H and O–H groups in total. The van der Waals surface area contributed by atoms with Gasteiger partial charge in [-0.3, -0.25) is 4.79 Å². The SMILES string of the molecule is CC1CCc2c(sc3nc(C(C)C)nc(N4CCN(C(=O)CCl)CC4)c23)C1. The Kier molecular flexibility index (Phi) is 5.30. The molecule has 1 aliphatic heterocycles. The van der Waals surface area contributed by atoms with Crippen molar-refractivity contribution in [3.05, 3.63) is 16.3 Å². The predicted octanol–water partition coefficient (Wildman–Crippen LogP) is 3.83. The van der Waals surface area contributed by atoms with Crippen LogP contribution < -0.4 is 4.90 Å². The smallest absolute Gasteiger partial charge is 0.237 e. The number of aryl methyl sites for hydroxylation is 1. The molecule has 27 heavy (non-hydrogen) atoms. The number of anilines is 1. The van der Waals surface area contributed by atoms with E-state index in [-0.39, 0.29) is 11.8 Å². The van der Waals surface area contributed by atoms with E-state index < -0.39 is 0 Å². The Balaban J connectivity index is 1.74. The largest absolute Gasteiger partial charge is 0.352 e. The second-order valence-electron chi connectivity index (χ2n) is 8.09. The molecule has 4 rings (SSSR count). The minimum atomic E-state index is 0.0221. The lowest BCUT2D eigenvalue weighted by Crippen LogP contribution is -2.49. The predicted molar refractivity (Wildman–Crippen MR) is 112 cm³/mol. The number of rotatable bonds is 3. The summed E-state index contributed by atoms with van der Waals surface area (Å²) in [5.41, 5.74) is 1.47. The third kappa shape index (κ3) is 3.54. The van der Waals surface area contributed by atoms with Gasteiger partial charge in [0.05, 0.1) is 5.39 Å². The molecule has 1 amide bonds. The van der Waals surface area contributed by atoms with Crippen LogP contribution in [0.15, 0.2) is 0 Å². The van der Waals surface area contributed by atoms with Crippen molar-refractivity contribution in [2.45, 2.75) is 46.0 Å². The Morgan fingerprint density at radius 2 is 2.00 bits per heavy atom. The van der Waals surface area contributed by atoms with E-state index in [0.717, 1.165) is 48.3 Å². The fourth-order valence-electron chi connectivity index (χ4n) is 4.08. The van der Waals surface area contributed by atoms with Crippen LogP contribution in [0.1, 0.15) is 49.4 Å². The van der Waals surface area contributed by atoms with E-state index in [9.17, 15) is 4.79 Å². The van der Waals surface area contributed by atoms with Crippen LogP contribution in [0.3, 0.4) is 0 Å². The van der Waals surface area contributed by atoms with E-state index in [1.807, 2.05) is 16.2 Å². The molecule has 0 radical (unpaired) electrons. The van der Waals surface area contributed by atoms with Crippen molar-refractivity contribution in [2.75, 3.05) is 37.0 Å². The lowest BCUT2D eigenvalue weighted by Gasteiger charge is -2.35. The standard InChI is InChI=1S/C20H27ClN4OS/c1-12(2)18-22-19(25-8-6-24(7-9-25)16(26)11-21)17-14-5-4-13(3)10-15(14)27-20(17)23-18/h12-13H,4-11H2,1-3H3. The van der Waals surface area contributed by atoms with Gasteiger partial charge in [-0.2, -0.15) is 0 Å². The summed E-state index contributed by atoms with van der Waals surface area (Å²) < 4.78 is 0. The Morgan fingerprint density at radius 3 is 2.67 bits per heavy atom. The molecule has 7 heteroatoms. The fraction of sp³-hybridized carbons (Fsp3) is 0.650. The normalized spacial score (nSPS) is 20.4. The van der Waals surface area contributed by atoms with E-state index in [4.69, 9.17) is 21.6 Å². The minimum Gasteiger partial charge on any atom is -0.352 e. The number of hydrogen-bond acceptors (Lipinski definition) is 5. The molecule has 2 aliphatic rings. The summed E-state index contributed by atoms with van der Waals surface area (Å²) >= 11 is 7.59. The van der Waals surface area contributed by atoms with Gasteiger partial charge in [0, 0.05) is 37.0 Å². The molecule has 3 heterocycles. The summed E-state index contributed by atoms with van der Waals surface area (Å²) in [6.45, 7) is 9.65. The minimum absolute atomic E-state index is 0.0221. The highest BCUT2D eigenvalue weighted by atomic mass is 35.5. The number of alkyl halides is 1. The zero-order valence-corrected chi connectivity index (χ0v) is 17.9. The number of hydrogen-bond donors (Lipinski definition) is 0. The molecular formula is C20H27ClN4OS. The first-order valence-corrected chi connectivity index (χ1v) is 11.2. The van der Waals surface area contributed by atoms with Gasteiger partial charge >= 0.3 is 0 Å². The molecule has 5 nitrogen and oxygen atoms in total. The van der Waals surface area contributed by atoms with Gasteiger partial charge < -0.3 is 9.80 Å². The van der Waals surface area contributed by atoms with Crippen LogP contribution in [0, 0.1) is 5.92 Å². The molecular weight excluding hydrogens is 380 g/mol. The lowest BCUT2D eigenvalue weighted by molar-refractivity contribution is -0.128. The Labute approximate surface area is 169 Å². The van der Waals surface area contributed by atoms with E-state index in [1.165, 1.54) is 22.2 Å². The van der Waals surface area contributed by atoms with Crippen molar-refractivity contribution in [3.63, 3.8) is 0 Å². The third-order valence-corrected chi connectivity index (χ3v) is 7.09. The van der Waals surface area contributed by atoms with Crippen LogP contribution in [0.4, 0.5) is 5.82 Å². The molecule has 0 spiro atoms. The monoisotopic (exact) mass is 406 g/mol. The molecule has 1 fully saturated rings. The summed E-state index contributed by atoms with van der Waals surface area (Å²) in [5.74, 6) is 3.12. The van der Waals surface area contributed by atoms with Crippen molar-refractivity contribution in [2.24, 2.45) is 5.92 Å². The highest BCUT2D eigenvalue weighted by molar-refractivity contribution is 7.19. The van der Waals surface area contributed by atoms with Crippen molar-refractivity contribution < 1.29 is 4.79 Å². The third-order valence-electron chi connectivity index (χ3n) is 5.72. The molecule has 0 bridgehead atoms. The summed E-state index contributed by atoms with van der Waals surface area (Å²) in [7, 11) is 0. The number of thiophene rings is 1. The first kappa shape index (κ1) is 18.9. The highest BCUT2D eigenvalue weighted by Gasteiger charge is 2.28. The fourth-order valence-corrected chi connectivity index (χ4v) is 5.63. The maximum Gasteiger partial charge on any atom is 0.237 e. The van der Waals surface area contributed by atoms with Gasteiger partial charge in [-0.1, -0.05) is 20.8 Å². The van der Waals surface area contributed by atoms with Gasteiger partial charge in [-0.15, -0.1) is 22.9 Å². The van der Waals surface area contributed by atoms with Gasteiger partial charge in [0.2, 0.25) is 5.91 Å². The van der Waals surface area contributed by atoms with Gasteiger partial charge in [-0.25, -0.2) is 9.97 Å². The second-order valence-corrected chi connectivity index (χ2v) is 9.44. The maximum atomic E-state index is 11.9. The molecule has 1 atom stereocenters. The van der Waals surface area contributed by atoms with Crippen LogP contribution in [-0.4, -0.2) is 52.8 Å². The average Bonchev–Trinajstić information content (AvgIpc) is 3.04. The van der Waals surface area contributed by atoms with E-state index in [2.05, 4.69) is 25.7 Å². The van der Waals surface area contributed by atoms with Gasteiger partial charge in [0.15, 0.2) is 0 Å². The number of halogens is 1. The van der Waals surface area contributed by atoms with E-state index in [0.29, 0.717) is 19.0 Å². The first-order chi connectivity index (χ1) is 13.0. The molecule has 2 aromatic rings. The van der Waals surface area contributed by atoms with Crippen molar-refractivity contribution in [3.8, 4) is 0 Å². The van der Waals surface area contributed by atoms with Crippen molar-refractivity contribution >= 4 is 44.9 Å². The number of carbonyl (C=O) groups is 1. The Bertz CT molecular complexity index is 857. The van der Waals surface area contributed by atoms with Crippen LogP contribution in [0.25, 0.3) is 10.2 Å². The number of carbonyl (C=O) groups excluding carboxylic acids is 1. The Hall–Kier alpha value is -1.40. The molecule has 146 valence electrons. The molecule has 1 aliphatic carbocycles. The maximum absolute atomic E-state index is 11.9. The van der Waals surface area contributed by atoms with Crippen LogP contribution >= 0.6 is 22.9 Å². The Morgan fingerprint density at radius 1 is 1.26 bits per heavy atom. The lowest BCUT2D eigenvalue weighted by atomic mass is 9.89. The quantitative estimate of drug-likeness (QED) is 0.727. The summed E-state index contributed by atoms with van der Waals surface area (Å²) in [5, 5.41) is 1.27. The van der Waals surface area contributed by atoms with Gasteiger partial charge in [0.25, 0.3) is 0 Å². The number of piperazine rings is 1. The summed E-state index contributed by atoms with van der Waals surface area (Å²) in [6.07, 6.45) is 3.52. The van der Waals surface area contributed by atoms with Crippen LogP contribution in [0.2, 0.25) is 0 Å². The van der Waals surface area contributed by atoms with Crippen LogP contribution in [0.5, 0.6) is 0 Å². The summed E-state index contributed by atoms with van der Waals surface area (Å²) in [4.78, 5) is 28.7. The first-order valence-electron chi connectivity index (χ1n) is 9.88. The van der Waals surface area contributed by atoms with Gasteiger partial charge in [0.1, 0.15) is 22.4 Å². The number of fused-ring (bicyclic) bond motifs is 3. The van der Waals surface area contributed by atoms with Crippen molar-refractivity contribution in [1.29, 1.82) is 0 Å². The second kappa shape index (κ2) is 7.55. The highest BCUT2D eigenvalue weighted by Crippen LogP contribution is 2.41. The molecule has 0 saturated carbocycles. The van der Waals surface area contributed by atoms with Crippen molar-refractivity contribution in [1.82, 2.24) is 14.9 Å². The van der Waals surface area contributed by atoms with E-state index in [1.54, 1.807) is 0 Å². The topological polar surface area (TPSA) is 49.3 Å². The number of amides is 1. The van der Waals surface area contributed by atoms with Crippen LogP contribution in [-0.2, 0) is 17.6 Å². The number of nitrogens with zero attached hydrogens (tertiary/aromatic N) is 4. The summed E-state index contributed by atoms with van der Waals surface area (Å²) in [6, 6.07) is 0. The molecule has 1 saturated heterocycles. The molecule has 0 aromatic carbocycles. The van der Waals surface area contributed by atoms with Gasteiger partial charge in [-0.05, 0) is 30.7 Å². The molecule has 2 aromatic heterocycles. The zero-order chi connectivity index (χ0) is 19.1. The molecule has 1 unspecified atom stereocenters. The van der Waals surface area contributed by atoms with E-state index >= 15 is 0 Å². The average molecular weight is 407 g/mol. The number of aromatic nitrogens is 2.